The van der Waals surface area contributed by atoms with Crippen molar-refractivity contribution in [1.82, 2.24) is 59.8 Å². The van der Waals surface area contributed by atoms with Crippen LogP contribution in [0.1, 0.15) is 15.9 Å². The second-order valence-electron chi connectivity index (χ2n) is 10.9. The van der Waals surface area contributed by atoms with Crippen LogP contribution in [0, 0.1) is 0 Å². The molecule has 8 aromatic rings. The van der Waals surface area contributed by atoms with Gasteiger partial charge in [-0.3, -0.25) is 4.79 Å². The molecule has 8 rings (SSSR count). The quantitative estimate of drug-likeness (QED) is 0.185. The molecular weight excluding hydrogens is 628 g/mol. The van der Waals surface area contributed by atoms with Crippen molar-refractivity contribution < 1.29 is 4.79 Å². The number of benzene rings is 4. The van der Waals surface area contributed by atoms with Gasteiger partial charge in [0.15, 0.2) is 29.1 Å². The van der Waals surface area contributed by atoms with E-state index in [9.17, 15) is 4.79 Å². The molecule has 4 aromatic carbocycles. The summed E-state index contributed by atoms with van der Waals surface area (Å²) in [6.45, 7) is 0. The van der Waals surface area contributed by atoms with Gasteiger partial charge in [-0.15, -0.1) is 0 Å². The molecule has 0 aliphatic heterocycles. The Labute approximate surface area is 284 Å². The molecule has 13 heteroatoms. The summed E-state index contributed by atoms with van der Waals surface area (Å²) >= 11 is 0. The molecule has 0 fully saturated rings. The fourth-order valence-electron chi connectivity index (χ4n) is 5.65. The Balaban J connectivity index is 1.27. The van der Waals surface area contributed by atoms with E-state index in [2.05, 4.69) is 59.8 Å². The maximum atomic E-state index is 14.7. The van der Waals surface area contributed by atoms with Crippen LogP contribution in [-0.4, -0.2) is 65.6 Å². The Hall–Kier alpha value is -7.41. The van der Waals surface area contributed by atoms with E-state index >= 15 is 0 Å². The third-order valence-corrected chi connectivity index (χ3v) is 7.84. The molecule has 0 unspecified atom stereocenters. The first kappa shape index (κ1) is 30.0. The predicted molar refractivity (Wildman–Crippen MR) is 182 cm³/mol. The Morgan fingerprint density at radius 3 is 0.900 bits per heavy atom. The number of carbonyl (C=O) groups is 1. The number of rotatable bonds is 8. The van der Waals surface area contributed by atoms with Crippen LogP contribution in [0.15, 0.2) is 136 Å². The van der Waals surface area contributed by atoms with Crippen LogP contribution in [0.3, 0.4) is 0 Å². The Kier molecular flexibility index (Phi) is 8.01. The molecule has 0 aliphatic rings. The SMILES string of the molecule is O=C(c1ccccc1-c1cc(-c2ncncn2)cc(-c2ncncn2)c1)c1ccccc1-c1cc(-c2ncncn2)cc(-c2ncncn2)c1. The molecule has 4 aromatic heterocycles. The van der Waals surface area contributed by atoms with Crippen LogP contribution in [0.4, 0.5) is 0 Å². The highest BCUT2D eigenvalue weighted by atomic mass is 16.1. The molecule has 50 heavy (non-hydrogen) atoms. The summed E-state index contributed by atoms with van der Waals surface area (Å²) in [5.41, 5.74) is 6.79. The Morgan fingerprint density at radius 2 is 0.600 bits per heavy atom. The van der Waals surface area contributed by atoms with Crippen molar-refractivity contribution in [2.24, 2.45) is 0 Å². The number of hydrogen-bond acceptors (Lipinski definition) is 13. The average Bonchev–Trinajstić information content (AvgIpc) is 3.21. The number of carbonyl (C=O) groups excluding carboxylic acids is 1. The molecule has 0 saturated heterocycles. The van der Waals surface area contributed by atoms with Crippen LogP contribution >= 0.6 is 0 Å². The summed E-state index contributed by atoms with van der Waals surface area (Å²) in [5.74, 6) is 1.71. The standard InChI is InChI=1S/C37H22N12O/c50-33(31-7-3-1-5-29(31)23-9-25(34-42-15-38-16-43-34)13-26(10-23)35-44-17-39-18-45-35)32-8-4-2-6-30(32)24-11-27(36-46-19-40-20-47-36)14-28(12-24)37-48-21-41-22-49-37/h1-22H. The molecule has 0 radical (unpaired) electrons. The maximum Gasteiger partial charge on any atom is 0.194 e. The summed E-state index contributed by atoms with van der Waals surface area (Å²) in [7, 11) is 0. The lowest BCUT2D eigenvalue weighted by atomic mass is 9.88. The molecule has 0 saturated carbocycles. The van der Waals surface area contributed by atoms with Gasteiger partial charge < -0.3 is 0 Å². The highest BCUT2D eigenvalue weighted by Gasteiger charge is 2.21. The first-order valence-corrected chi connectivity index (χ1v) is 15.2. The van der Waals surface area contributed by atoms with Crippen LogP contribution in [0.25, 0.3) is 67.8 Å². The van der Waals surface area contributed by atoms with E-state index in [0.717, 1.165) is 11.1 Å². The van der Waals surface area contributed by atoms with E-state index < -0.39 is 0 Å². The summed E-state index contributed by atoms with van der Waals surface area (Å²) < 4.78 is 0. The smallest absolute Gasteiger partial charge is 0.194 e. The van der Waals surface area contributed by atoms with Gasteiger partial charge in [0, 0.05) is 33.4 Å². The molecule has 0 N–H and O–H groups in total. The minimum Gasteiger partial charge on any atom is -0.289 e. The second-order valence-corrected chi connectivity index (χ2v) is 10.9. The van der Waals surface area contributed by atoms with Crippen molar-refractivity contribution >= 4 is 5.78 Å². The topological polar surface area (TPSA) is 172 Å². The normalized spacial score (nSPS) is 10.9. The Morgan fingerprint density at radius 1 is 0.340 bits per heavy atom. The number of ketones is 1. The zero-order valence-corrected chi connectivity index (χ0v) is 26.0. The van der Waals surface area contributed by atoms with Gasteiger partial charge in [-0.25, -0.2) is 59.8 Å². The van der Waals surface area contributed by atoms with E-state index in [1.165, 1.54) is 50.6 Å². The fourth-order valence-corrected chi connectivity index (χ4v) is 5.65. The van der Waals surface area contributed by atoms with E-state index in [-0.39, 0.29) is 5.78 Å². The van der Waals surface area contributed by atoms with E-state index in [4.69, 9.17) is 0 Å². The van der Waals surface area contributed by atoms with Crippen molar-refractivity contribution in [3.8, 4) is 67.8 Å². The van der Waals surface area contributed by atoms with Gasteiger partial charge >= 0.3 is 0 Å². The number of hydrogen-bond donors (Lipinski definition) is 0. The molecule has 13 nitrogen and oxygen atoms in total. The molecule has 0 aliphatic carbocycles. The van der Waals surface area contributed by atoms with Crippen LogP contribution in [-0.2, 0) is 0 Å². The lowest BCUT2D eigenvalue weighted by Gasteiger charge is -2.15. The highest BCUT2D eigenvalue weighted by Crippen LogP contribution is 2.36. The molecule has 4 heterocycles. The molecule has 0 atom stereocenters. The minimum absolute atomic E-state index is 0.171. The van der Waals surface area contributed by atoms with Crippen molar-refractivity contribution in [2.45, 2.75) is 0 Å². The molecule has 0 amide bonds. The molecule has 0 bridgehead atoms. The van der Waals surface area contributed by atoms with Gasteiger partial charge in [0.25, 0.3) is 0 Å². The van der Waals surface area contributed by atoms with Crippen LogP contribution < -0.4 is 0 Å². The first-order chi connectivity index (χ1) is 24.7. The maximum absolute atomic E-state index is 14.7. The average molecular weight is 651 g/mol. The third kappa shape index (κ3) is 6.04. The molecule has 236 valence electrons. The molecular formula is C37H22N12O. The lowest BCUT2D eigenvalue weighted by Crippen LogP contribution is -2.06. The van der Waals surface area contributed by atoms with Crippen molar-refractivity contribution in [3.63, 3.8) is 0 Å². The monoisotopic (exact) mass is 650 g/mol. The summed E-state index contributed by atoms with van der Waals surface area (Å²) in [5, 5.41) is 0. The third-order valence-electron chi connectivity index (χ3n) is 7.84. The number of nitrogens with zero attached hydrogens (tertiary/aromatic N) is 12. The van der Waals surface area contributed by atoms with Crippen LogP contribution in [0.2, 0.25) is 0 Å². The van der Waals surface area contributed by atoms with Gasteiger partial charge in [0.2, 0.25) is 0 Å². The largest absolute Gasteiger partial charge is 0.289 e. The minimum atomic E-state index is -0.171. The zero-order chi connectivity index (χ0) is 33.7. The zero-order valence-electron chi connectivity index (χ0n) is 26.0. The van der Waals surface area contributed by atoms with Gasteiger partial charge in [0.1, 0.15) is 50.6 Å². The van der Waals surface area contributed by atoms with E-state index in [1.54, 1.807) is 0 Å². The van der Waals surface area contributed by atoms with Gasteiger partial charge in [-0.05, 0) is 58.7 Å². The van der Waals surface area contributed by atoms with Gasteiger partial charge in [0.05, 0.1) is 0 Å². The van der Waals surface area contributed by atoms with Gasteiger partial charge in [-0.1, -0.05) is 48.5 Å². The highest BCUT2D eigenvalue weighted by molar-refractivity contribution is 6.16. The fraction of sp³-hybridized carbons (Fsp3) is 0. The molecule has 0 spiro atoms. The van der Waals surface area contributed by atoms with Crippen molar-refractivity contribution in [1.29, 1.82) is 0 Å². The second kappa shape index (κ2) is 13.4. The van der Waals surface area contributed by atoms with Crippen molar-refractivity contribution in [2.75, 3.05) is 0 Å². The number of aromatic nitrogens is 12. The summed E-state index contributed by atoms with van der Waals surface area (Å²) in [4.78, 5) is 65.4. The first-order valence-electron chi connectivity index (χ1n) is 15.2. The Bertz CT molecular complexity index is 2160. The van der Waals surface area contributed by atoms with Gasteiger partial charge in [-0.2, -0.15) is 0 Å². The van der Waals surface area contributed by atoms with E-state index in [0.29, 0.717) is 67.8 Å². The van der Waals surface area contributed by atoms with E-state index in [1.807, 2.05) is 84.9 Å². The van der Waals surface area contributed by atoms with Crippen LogP contribution in [0.5, 0.6) is 0 Å². The summed E-state index contributed by atoms with van der Waals surface area (Å²) in [6.07, 6.45) is 11.5. The summed E-state index contributed by atoms with van der Waals surface area (Å²) in [6, 6.07) is 26.5. The predicted octanol–water partition coefficient (Wildman–Crippen LogP) is 5.66. The van der Waals surface area contributed by atoms with Crippen molar-refractivity contribution in [3.05, 3.63) is 147 Å². The lowest BCUT2D eigenvalue weighted by molar-refractivity contribution is 0.104.